The van der Waals surface area contributed by atoms with E-state index in [1.54, 1.807) is 24.3 Å². The van der Waals surface area contributed by atoms with Crippen LogP contribution in [0.25, 0.3) is 0 Å². The third-order valence-corrected chi connectivity index (χ3v) is 3.75. The highest BCUT2D eigenvalue weighted by Crippen LogP contribution is 2.44. The Labute approximate surface area is 101 Å². The summed E-state index contributed by atoms with van der Waals surface area (Å²) in [6.07, 6.45) is -0.0181. The highest BCUT2D eigenvalue weighted by Gasteiger charge is 2.31. The zero-order chi connectivity index (χ0) is 12.3. The van der Waals surface area contributed by atoms with Gasteiger partial charge in [-0.3, -0.25) is 4.18 Å². The van der Waals surface area contributed by atoms with Gasteiger partial charge < -0.3 is 13.8 Å². The van der Waals surface area contributed by atoms with Crippen molar-refractivity contribution in [1.29, 1.82) is 0 Å². The van der Waals surface area contributed by atoms with Crippen LogP contribution in [0, 0.1) is 0 Å². The van der Waals surface area contributed by atoms with Crippen LogP contribution in [0.15, 0.2) is 30.3 Å². The number of carbonyl (C=O) groups is 1. The minimum Gasteiger partial charge on any atom is -0.458 e. The van der Waals surface area contributed by atoms with Gasteiger partial charge in [0.2, 0.25) is 0 Å². The van der Waals surface area contributed by atoms with Crippen molar-refractivity contribution >= 4 is 16.8 Å². The summed E-state index contributed by atoms with van der Waals surface area (Å²) in [6, 6.07) is 8.60. The van der Waals surface area contributed by atoms with Gasteiger partial charge in [0.05, 0.1) is 28.8 Å². The Hall–Kier alpha value is -1.08. The van der Waals surface area contributed by atoms with Crippen molar-refractivity contribution in [3.05, 3.63) is 35.9 Å². The first kappa shape index (κ1) is 12.4. The van der Waals surface area contributed by atoms with E-state index in [0.29, 0.717) is 12.0 Å². The zero-order valence-electron chi connectivity index (χ0n) is 9.11. The highest BCUT2D eigenvalue weighted by atomic mass is 32.3. The van der Waals surface area contributed by atoms with Crippen molar-refractivity contribution in [2.45, 2.75) is 12.5 Å². The van der Waals surface area contributed by atoms with Gasteiger partial charge in [0.1, 0.15) is 6.10 Å². The molecule has 17 heavy (non-hydrogen) atoms. The van der Waals surface area contributed by atoms with Crippen molar-refractivity contribution in [2.75, 3.05) is 12.4 Å². The third-order valence-electron chi connectivity index (χ3n) is 2.40. The first-order valence-electron chi connectivity index (χ1n) is 5.23. The fourth-order valence-corrected chi connectivity index (χ4v) is 2.75. The molecule has 0 spiro atoms. The molecule has 2 rings (SSSR count). The largest absolute Gasteiger partial charge is 0.458 e. The molecule has 0 saturated carbocycles. The summed E-state index contributed by atoms with van der Waals surface area (Å²) in [6.45, 7) is 0.190. The first-order valence-corrected chi connectivity index (χ1v) is 6.87. The van der Waals surface area contributed by atoms with Crippen LogP contribution in [0.1, 0.15) is 16.8 Å². The van der Waals surface area contributed by atoms with Gasteiger partial charge in [0, 0.05) is 6.42 Å². The van der Waals surface area contributed by atoms with E-state index in [-0.39, 0.29) is 12.4 Å². The minimum atomic E-state index is -3.04. The summed E-state index contributed by atoms with van der Waals surface area (Å²) in [5.74, 6) is -0.501. The molecular formula is C11H14O5S. The summed E-state index contributed by atoms with van der Waals surface area (Å²) >= 11 is 0. The Balaban J connectivity index is 1.95. The quantitative estimate of drug-likeness (QED) is 0.796. The highest BCUT2D eigenvalue weighted by molar-refractivity contribution is 8.20. The molecule has 1 fully saturated rings. The average molecular weight is 258 g/mol. The van der Waals surface area contributed by atoms with E-state index in [1.165, 1.54) is 0 Å². The number of rotatable bonds is 2. The molecular weight excluding hydrogens is 244 g/mol. The Morgan fingerprint density at radius 1 is 1.35 bits per heavy atom. The zero-order valence-corrected chi connectivity index (χ0v) is 9.93. The maximum absolute atomic E-state index is 11.7. The lowest BCUT2D eigenvalue weighted by Crippen LogP contribution is -2.32. The van der Waals surface area contributed by atoms with Crippen molar-refractivity contribution in [2.24, 2.45) is 0 Å². The van der Waals surface area contributed by atoms with Crippen LogP contribution in [0.2, 0.25) is 0 Å². The van der Waals surface area contributed by atoms with Crippen molar-refractivity contribution in [1.82, 2.24) is 0 Å². The molecule has 1 atom stereocenters. The lowest BCUT2D eigenvalue weighted by molar-refractivity contribution is 0.0249. The predicted molar refractivity (Wildman–Crippen MR) is 63.9 cm³/mol. The standard InChI is InChI=1S/C11H14O5S/c12-11(9-4-2-1-3-5-9)16-10-6-7-15-17(13,14)8-10/h1-5,10,13-14H,6-8H2. The molecule has 1 heterocycles. The topological polar surface area (TPSA) is 76.0 Å². The number of esters is 1. The van der Waals surface area contributed by atoms with Gasteiger partial charge in [-0.1, -0.05) is 18.2 Å². The van der Waals surface area contributed by atoms with Crippen LogP contribution in [0.5, 0.6) is 0 Å². The van der Waals surface area contributed by atoms with Gasteiger partial charge in [0.25, 0.3) is 0 Å². The fraction of sp³-hybridized carbons (Fsp3) is 0.364. The van der Waals surface area contributed by atoms with E-state index in [2.05, 4.69) is 0 Å². The van der Waals surface area contributed by atoms with Crippen LogP contribution in [0.4, 0.5) is 0 Å². The molecule has 1 unspecified atom stereocenters. The third kappa shape index (κ3) is 3.44. The predicted octanol–water partition coefficient (Wildman–Crippen LogP) is 2.30. The van der Waals surface area contributed by atoms with Crippen molar-refractivity contribution in [3.8, 4) is 0 Å². The van der Waals surface area contributed by atoms with Gasteiger partial charge in [-0.25, -0.2) is 4.79 Å². The normalized spacial score (nSPS) is 24.9. The summed E-state index contributed by atoms with van der Waals surface area (Å²) in [7, 11) is -3.04. The van der Waals surface area contributed by atoms with Crippen LogP contribution < -0.4 is 0 Å². The number of hydrogen-bond donors (Lipinski definition) is 2. The van der Waals surface area contributed by atoms with Crippen molar-refractivity contribution < 1.29 is 22.8 Å². The summed E-state index contributed by atoms with van der Waals surface area (Å²) in [5.41, 5.74) is 0.454. The average Bonchev–Trinajstić information content (AvgIpc) is 2.29. The van der Waals surface area contributed by atoms with Gasteiger partial charge in [-0.2, -0.15) is 0 Å². The molecule has 0 bridgehead atoms. The molecule has 1 aliphatic heterocycles. The lowest BCUT2D eigenvalue weighted by Gasteiger charge is -2.34. The molecule has 0 amide bonds. The van der Waals surface area contributed by atoms with Gasteiger partial charge in [-0.15, -0.1) is 0 Å². The first-order chi connectivity index (χ1) is 8.07. The Morgan fingerprint density at radius 2 is 2.06 bits per heavy atom. The van der Waals surface area contributed by atoms with E-state index < -0.39 is 22.9 Å². The van der Waals surface area contributed by atoms with Crippen LogP contribution in [-0.2, 0) is 8.92 Å². The maximum Gasteiger partial charge on any atom is 0.338 e. The molecule has 6 heteroatoms. The van der Waals surface area contributed by atoms with Crippen LogP contribution >= 0.6 is 10.9 Å². The van der Waals surface area contributed by atoms with E-state index in [9.17, 15) is 13.9 Å². The molecule has 2 N–H and O–H groups in total. The van der Waals surface area contributed by atoms with Gasteiger partial charge >= 0.3 is 5.97 Å². The second kappa shape index (κ2) is 5.05. The molecule has 0 aliphatic carbocycles. The number of hydrogen-bond acceptors (Lipinski definition) is 5. The minimum absolute atomic E-state index is 0.0500. The monoisotopic (exact) mass is 258 g/mol. The molecule has 5 nitrogen and oxygen atoms in total. The van der Waals surface area contributed by atoms with E-state index in [1.807, 2.05) is 6.07 Å². The Bertz CT molecular complexity index is 392. The van der Waals surface area contributed by atoms with Gasteiger partial charge in [-0.05, 0) is 12.1 Å². The number of carbonyl (C=O) groups excluding carboxylic acids is 1. The Kier molecular flexibility index (Phi) is 3.68. The van der Waals surface area contributed by atoms with Crippen LogP contribution in [0.3, 0.4) is 0 Å². The molecule has 1 aromatic carbocycles. The Morgan fingerprint density at radius 3 is 2.71 bits per heavy atom. The number of ether oxygens (including phenoxy) is 1. The van der Waals surface area contributed by atoms with Crippen LogP contribution in [-0.4, -0.2) is 33.5 Å². The molecule has 1 aliphatic rings. The van der Waals surface area contributed by atoms with Crippen molar-refractivity contribution in [3.63, 3.8) is 0 Å². The lowest BCUT2D eigenvalue weighted by atomic mass is 10.2. The number of benzene rings is 1. The SMILES string of the molecule is O=C(OC1CCOS(O)(O)C1)c1ccccc1. The van der Waals surface area contributed by atoms with Gasteiger partial charge in [0.15, 0.2) is 0 Å². The summed E-state index contributed by atoms with van der Waals surface area (Å²) < 4.78 is 28.7. The van der Waals surface area contributed by atoms with E-state index in [0.717, 1.165) is 0 Å². The molecule has 1 saturated heterocycles. The molecule has 94 valence electrons. The maximum atomic E-state index is 11.7. The fourth-order valence-electron chi connectivity index (χ4n) is 1.57. The van der Waals surface area contributed by atoms with E-state index >= 15 is 0 Å². The smallest absolute Gasteiger partial charge is 0.338 e. The second-order valence-corrected chi connectivity index (χ2v) is 5.56. The molecule has 0 radical (unpaired) electrons. The summed E-state index contributed by atoms with van der Waals surface area (Å²) in [4.78, 5) is 11.7. The summed E-state index contributed by atoms with van der Waals surface area (Å²) in [5, 5.41) is 0. The molecule has 0 aromatic heterocycles. The second-order valence-electron chi connectivity index (χ2n) is 3.78. The molecule has 1 aromatic rings. The van der Waals surface area contributed by atoms with E-state index in [4.69, 9.17) is 8.92 Å².